The van der Waals surface area contributed by atoms with Gasteiger partial charge in [-0.1, -0.05) is 74.0 Å². The molecule has 1 amide bonds. The van der Waals surface area contributed by atoms with Gasteiger partial charge in [0.05, 0.1) is 5.54 Å². The molecule has 0 aromatic heterocycles. The number of rotatable bonds is 8. The molecule has 0 heterocycles. The predicted octanol–water partition coefficient (Wildman–Crippen LogP) is 3.65. The second-order valence-corrected chi connectivity index (χ2v) is 6.67. The van der Waals surface area contributed by atoms with Gasteiger partial charge in [0.2, 0.25) is 5.91 Å². The molecule has 2 aromatic carbocycles. The average molecular weight is 324 g/mol. The highest BCUT2D eigenvalue weighted by Crippen LogP contribution is 2.20. The topological polar surface area (TPSA) is 55.1 Å². The van der Waals surface area contributed by atoms with E-state index < -0.39 is 5.54 Å². The number of nitrogens with one attached hydrogen (secondary N) is 1. The Hall–Kier alpha value is -2.13. The van der Waals surface area contributed by atoms with Gasteiger partial charge in [0.15, 0.2) is 0 Å². The van der Waals surface area contributed by atoms with E-state index in [-0.39, 0.29) is 11.8 Å². The van der Waals surface area contributed by atoms with Gasteiger partial charge in [0.25, 0.3) is 0 Å². The Morgan fingerprint density at radius 1 is 1.08 bits per heavy atom. The molecular formula is C21H28N2O. The maximum absolute atomic E-state index is 12.4. The summed E-state index contributed by atoms with van der Waals surface area (Å²) in [6, 6.07) is 20.7. The molecule has 0 saturated carbocycles. The first-order chi connectivity index (χ1) is 11.5. The summed E-state index contributed by atoms with van der Waals surface area (Å²) in [6.07, 6.45) is 2.47. The molecule has 2 unspecified atom stereocenters. The van der Waals surface area contributed by atoms with Crippen molar-refractivity contribution in [3.05, 3.63) is 71.8 Å². The summed E-state index contributed by atoms with van der Waals surface area (Å²) in [7, 11) is 0. The van der Waals surface area contributed by atoms with E-state index >= 15 is 0 Å². The molecule has 3 N–H and O–H groups in total. The number of nitrogens with two attached hydrogens (primary N) is 1. The van der Waals surface area contributed by atoms with E-state index in [9.17, 15) is 4.79 Å². The quantitative estimate of drug-likeness (QED) is 0.779. The van der Waals surface area contributed by atoms with Gasteiger partial charge in [-0.05, 0) is 30.9 Å². The molecule has 0 aliphatic rings. The van der Waals surface area contributed by atoms with Crippen LogP contribution >= 0.6 is 0 Å². The molecule has 0 saturated heterocycles. The lowest BCUT2D eigenvalue weighted by molar-refractivity contribution is -0.126. The summed E-state index contributed by atoms with van der Waals surface area (Å²) in [6.45, 7) is 4.44. The summed E-state index contributed by atoms with van der Waals surface area (Å²) in [4.78, 5) is 12.4. The molecule has 0 aliphatic heterocycles. The Morgan fingerprint density at radius 2 is 1.67 bits per heavy atom. The first-order valence-electron chi connectivity index (χ1n) is 8.69. The highest BCUT2D eigenvalue weighted by atomic mass is 16.2. The van der Waals surface area contributed by atoms with Gasteiger partial charge >= 0.3 is 0 Å². The van der Waals surface area contributed by atoms with Crippen LogP contribution in [0.5, 0.6) is 0 Å². The molecule has 3 nitrogen and oxygen atoms in total. The van der Waals surface area contributed by atoms with Crippen LogP contribution in [0, 0.1) is 0 Å². The van der Waals surface area contributed by atoms with Gasteiger partial charge in [0, 0.05) is 12.5 Å². The molecule has 2 rings (SSSR count). The largest absolute Gasteiger partial charge is 0.354 e. The van der Waals surface area contributed by atoms with Crippen molar-refractivity contribution in [3.8, 4) is 0 Å². The first kappa shape index (κ1) is 18.2. The van der Waals surface area contributed by atoms with E-state index in [4.69, 9.17) is 5.73 Å². The fourth-order valence-electron chi connectivity index (χ4n) is 2.98. The van der Waals surface area contributed by atoms with Gasteiger partial charge in [-0.15, -0.1) is 0 Å². The first-order valence-corrected chi connectivity index (χ1v) is 8.69. The monoisotopic (exact) mass is 324 g/mol. The smallest absolute Gasteiger partial charge is 0.239 e. The number of carbonyl (C=O) groups excluding carboxylic acids is 1. The number of benzene rings is 2. The SMILES string of the molecule is CCCC(C)(N)C(=O)NCC(Cc1ccccc1)c1ccccc1. The van der Waals surface area contributed by atoms with E-state index in [0.29, 0.717) is 13.0 Å². The van der Waals surface area contributed by atoms with E-state index in [2.05, 4.69) is 29.6 Å². The van der Waals surface area contributed by atoms with Crippen LogP contribution in [0.3, 0.4) is 0 Å². The fraction of sp³-hybridized carbons (Fsp3) is 0.381. The molecular weight excluding hydrogens is 296 g/mol. The van der Waals surface area contributed by atoms with Crippen LogP contribution in [-0.2, 0) is 11.2 Å². The van der Waals surface area contributed by atoms with E-state index in [0.717, 1.165) is 12.8 Å². The van der Waals surface area contributed by atoms with Crippen LogP contribution in [-0.4, -0.2) is 18.0 Å². The van der Waals surface area contributed by atoms with Gasteiger partial charge in [-0.25, -0.2) is 0 Å². The van der Waals surface area contributed by atoms with Crippen molar-refractivity contribution in [2.24, 2.45) is 5.73 Å². The van der Waals surface area contributed by atoms with Crippen molar-refractivity contribution in [2.75, 3.05) is 6.54 Å². The molecule has 2 aromatic rings. The van der Waals surface area contributed by atoms with Crippen LogP contribution in [0.25, 0.3) is 0 Å². The third-order valence-electron chi connectivity index (χ3n) is 4.39. The maximum atomic E-state index is 12.4. The zero-order chi connectivity index (χ0) is 17.4. The number of amides is 1. The summed E-state index contributed by atoms with van der Waals surface area (Å²) in [5.74, 6) is 0.160. The van der Waals surface area contributed by atoms with E-state index in [1.807, 2.05) is 43.3 Å². The maximum Gasteiger partial charge on any atom is 0.239 e. The fourth-order valence-corrected chi connectivity index (χ4v) is 2.98. The zero-order valence-electron chi connectivity index (χ0n) is 14.7. The lowest BCUT2D eigenvalue weighted by Crippen LogP contribution is -2.52. The molecule has 3 heteroatoms. The molecule has 0 fully saturated rings. The van der Waals surface area contributed by atoms with Gasteiger partial charge in [-0.3, -0.25) is 4.79 Å². The number of hydrogen-bond acceptors (Lipinski definition) is 2. The van der Waals surface area contributed by atoms with Crippen LogP contribution in [0.15, 0.2) is 60.7 Å². The Labute approximate surface area is 145 Å². The van der Waals surface area contributed by atoms with Crippen molar-refractivity contribution in [2.45, 2.75) is 44.6 Å². The molecule has 128 valence electrons. The summed E-state index contributed by atoms with van der Waals surface area (Å²) in [5.41, 5.74) is 7.83. The van der Waals surface area contributed by atoms with Crippen LogP contribution in [0.2, 0.25) is 0 Å². The Bertz CT molecular complexity index is 623. The van der Waals surface area contributed by atoms with Crippen LogP contribution in [0.1, 0.15) is 43.7 Å². The lowest BCUT2D eigenvalue weighted by atomic mass is 9.91. The Kier molecular flexibility index (Phi) is 6.56. The normalized spacial score (nSPS) is 14.6. The summed E-state index contributed by atoms with van der Waals surface area (Å²) in [5, 5.41) is 3.06. The van der Waals surface area contributed by atoms with Crippen molar-refractivity contribution in [3.63, 3.8) is 0 Å². The molecule has 0 radical (unpaired) electrons. The summed E-state index contributed by atoms with van der Waals surface area (Å²) >= 11 is 0. The highest BCUT2D eigenvalue weighted by molar-refractivity contribution is 5.85. The second kappa shape index (κ2) is 8.65. The molecule has 0 aliphatic carbocycles. The molecule has 24 heavy (non-hydrogen) atoms. The van der Waals surface area contributed by atoms with E-state index in [1.54, 1.807) is 6.92 Å². The lowest BCUT2D eigenvalue weighted by Gasteiger charge is -2.25. The Balaban J connectivity index is 2.08. The Morgan fingerprint density at radius 3 is 2.25 bits per heavy atom. The zero-order valence-corrected chi connectivity index (χ0v) is 14.7. The van der Waals surface area contributed by atoms with E-state index in [1.165, 1.54) is 11.1 Å². The number of hydrogen-bond donors (Lipinski definition) is 2. The van der Waals surface area contributed by atoms with Crippen molar-refractivity contribution >= 4 is 5.91 Å². The standard InChI is InChI=1S/C21H28N2O/c1-3-14-21(2,22)20(24)23-16-19(18-12-8-5-9-13-18)15-17-10-6-4-7-11-17/h4-13,19H,3,14-16,22H2,1-2H3,(H,23,24). The van der Waals surface area contributed by atoms with Crippen LogP contribution < -0.4 is 11.1 Å². The summed E-state index contributed by atoms with van der Waals surface area (Å²) < 4.78 is 0. The van der Waals surface area contributed by atoms with Crippen LogP contribution in [0.4, 0.5) is 0 Å². The van der Waals surface area contributed by atoms with Gasteiger partial charge in [0.1, 0.15) is 0 Å². The minimum absolute atomic E-state index is 0.0710. The van der Waals surface area contributed by atoms with Crippen molar-refractivity contribution in [1.29, 1.82) is 0 Å². The molecule has 0 bridgehead atoms. The third kappa shape index (κ3) is 5.20. The minimum Gasteiger partial charge on any atom is -0.354 e. The minimum atomic E-state index is -0.803. The molecule has 2 atom stereocenters. The average Bonchev–Trinajstić information content (AvgIpc) is 2.60. The van der Waals surface area contributed by atoms with Crippen molar-refractivity contribution in [1.82, 2.24) is 5.32 Å². The van der Waals surface area contributed by atoms with Gasteiger partial charge < -0.3 is 11.1 Å². The number of carbonyl (C=O) groups is 1. The predicted molar refractivity (Wildman–Crippen MR) is 99.8 cm³/mol. The molecule has 0 spiro atoms. The second-order valence-electron chi connectivity index (χ2n) is 6.67. The van der Waals surface area contributed by atoms with Crippen molar-refractivity contribution < 1.29 is 4.79 Å². The third-order valence-corrected chi connectivity index (χ3v) is 4.39. The van der Waals surface area contributed by atoms with Gasteiger partial charge in [-0.2, -0.15) is 0 Å². The highest BCUT2D eigenvalue weighted by Gasteiger charge is 2.27.